The maximum absolute atomic E-state index is 12.9. The zero-order valence-corrected chi connectivity index (χ0v) is 38.9. The van der Waals surface area contributed by atoms with Gasteiger partial charge in [0, 0.05) is 6.42 Å². The fraction of sp³-hybridized carbons (Fsp3) is 0.854. The first-order valence-electron chi connectivity index (χ1n) is 23.9. The molecule has 0 aliphatic rings. The van der Waals surface area contributed by atoms with E-state index in [1.54, 1.807) is 6.08 Å². The third kappa shape index (κ3) is 42.6. The maximum Gasteiger partial charge on any atom is 0.268 e. The lowest BCUT2D eigenvalue weighted by Gasteiger charge is -2.29. The summed E-state index contributed by atoms with van der Waals surface area (Å²) in [6, 6.07) is -0.906. The van der Waals surface area contributed by atoms with Crippen LogP contribution in [0.3, 0.4) is 0 Å². The summed E-state index contributed by atoms with van der Waals surface area (Å²) in [5, 5.41) is 13.8. The van der Waals surface area contributed by atoms with E-state index in [4.69, 9.17) is 9.05 Å². The normalized spacial score (nSPS) is 14.6. The van der Waals surface area contributed by atoms with E-state index in [2.05, 4.69) is 43.5 Å². The van der Waals surface area contributed by atoms with E-state index < -0.39 is 26.6 Å². The van der Waals surface area contributed by atoms with Crippen LogP contribution in [0.4, 0.5) is 0 Å². The fourth-order valence-electron chi connectivity index (χ4n) is 6.77. The Morgan fingerprint density at radius 2 is 0.982 bits per heavy atom. The molecule has 3 unspecified atom stereocenters. The number of hydrogen-bond donors (Lipinski definition) is 2. The molecule has 0 radical (unpaired) electrons. The van der Waals surface area contributed by atoms with Crippen molar-refractivity contribution in [2.45, 2.75) is 225 Å². The third-order valence-electron chi connectivity index (χ3n) is 10.6. The van der Waals surface area contributed by atoms with Crippen molar-refractivity contribution in [2.24, 2.45) is 0 Å². The number of amides is 1. The maximum atomic E-state index is 12.9. The number of hydrogen-bond acceptors (Lipinski definition) is 6. The summed E-state index contributed by atoms with van der Waals surface area (Å²) in [6.45, 7) is 4.62. The Hall–Kier alpha value is -1.28. The molecule has 0 saturated heterocycles. The van der Waals surface area contributed by atoms with Crippen molar-refractivity contribution in [1.29, 1.82) is 0 Å². The minimum absolute atomic E-state index is 0.00776. The first kappa shape index (κ1) is 55.7. The van der Waals surface area contributed by atoms with E-state index >= 15 is 0 Å². The van der Waals surface area contributed by atoms with Crippen LogP contribution in [0.25, 0.3) is 0 Å². The number of aliphatic hydroxyl groups is 1. The Labute approximate surface area is 353 Å². The number of carbonyl (C=O) groups excluding carboxylic acids is 1. The molecule has 0 aromatic rings. The summed E-state index contributed by atoms with van der Waals surface area (Å²) in [4.78, 5) is 25.3. The van der Waals surface area contributed by atoms with Gasteiger partial charge in [-0.25, -0.2) is 0 Å². The predicted octanol–water partition coefficient (Wildman–Crippen LogP) is 12.8. The molecule has 0 saturated carbocycles. The Bertz CT molecular complexity index is 1030. The number of nitrogens with zero attached hydrogens (tertiary/aromatic N) is 1. The number of nitrogens with one attached hydrogen (secondary N) is 1. The first-order valence-corrected chi connectivity index (χ1v) is 25.3. The lowest BCUT2D eigenvalue weighted by Crippen LogP contribution is -2.45. The molecule has 0 aromatic carbocycles. The van der Waals surface area contributed by atoms with Crippen molar-refractivity contribution in [2.75, 3.05) is 40.9 Å². The van der Waals surface area contributed by atoms with Crippen LogP contribution < -0.4 is 10.2 Å². The Balaban J connectivity index is 4.44. The van der Waals surface area contributed by atoms with Crippen LogP contribution >= 0.6 is 7.82 Å². The number of unbranched alkanes of at least 4 members (excludes halogenated alkanes) is 26. The van der Waals surface area contributed by atoms with Crippen LogP contribution in [0.1, 0.15) is 213 Å². The monoisotopic (exact) mass is 825 g/mol. The number of likely N-dealkylation sites (N-methyl/N-ethyl adjacent to an activating group) is 1. The second-order valence-electron chi connectivity index (χ2n) is 17.5. The van der Waals surface area contributed by atoms with Gasteiger partial charge in [-0.1, -0.05) is 198 Å². The topological polar surface area (TPSA) is 108 Å². The summed E-state index contributed by atoms with van der Waals surface area (Å²) in [7, 11) is 1.24. The van der Waals surface area contributed by atoms with Crippen LogP contribution in [0.5, 0.6) is 0 Å². The van der Waals surface area contributed by atoms with E-state index in [0.717, 1.165) is 44.9 Å². The molecule has 0 fully saturated rings. The molecule has 2 N–H and O–H groups in total. The zero-order valence-electron chi connectivity index (χ0n) is 38.0. The largest absolute Gasteiger partial charge is 0.756 e. The SMILES string of the molecule is CCCCCCCCCC/C=C/CC/C=C/CC/C=C/C(O)C(COP(=O)([O-])OCC[N+](C)(C)C)NC(=O)CCCCCCCCCCCCCCCCCCC. The minimum Gasteiger partial charge on any atom is -0.756 e. The van der Waals surface area contributed by atoms with Gasteiger partial charge < -0.3 is 28.8 Å². The number of carbonyl (C=O) groups is 1. The molecule has 1 amide bonds. The number of rotatable bonds is 43. The van der Waals surface area contributed by atoms with Crippen molar-refractivity contribution in [3.8, 4) is 0 Å². The Morgan fingerprint density at radius 1 is 0.596 bits per heavy atom. The van der Waals surface area contributed by atoms with E-state index in [1.807, 2.05) is 27.2 Å². The van der Waals surface area contributed by atoms with Gasteiger partial charge in [-0.2, -0.15) is 0 Å². The number of allylic oxidation sites excluding steroid dienone is 5. The molecule has 57 heavy (non-hydrogen) atoms. The smallest absolute Gasteiger partial charge is 0.268 e. The zero-order chi connectivity index (χ0) is 42.1. The van der Waals surface area contributed by atoms with Crippen LogP contribution in [0.2, 0.25) is 0 Å². The van der Waals surface area contributed by atoms with Gasteiger partial charge in [0.05, 0.1) is 39.9 Å². The standard InChI is InChI=1S/C48H93N2O6P/c1-6-8-10-12-14-16-18-20-22-24-26-27-29-31-33-35-37-39-41-47(51)46(45-56-57(53,54)55-44-43-50(3,4)5)49-48(52)42-40-38-36-34-32-30-28-25-23-21-19-17-15-13-11-9-7-2/h24,26,31,33,39,41,46-47,51H,6-23,25,27-30,32,34-38,40,42-45H2,1-5H3,(H-,49,52,53,54)/b26-24+,33-31+,41-39+. The molecule has 9 heteroatoms. The molecular weight excluding hydrogens is 732 g/mol. The average Bonchev–Trinajstić information content (AvgIpc) is 3.16. The van der Waals surface area contributed by atoms with Crippen molar-refractivity contribution >= 4 is 13.7 Å². The molecule has 0 bridgehead atoms. The molecule has 3 atom stereocenters. The summed E-state index contributed by atoms with van der Waals surface area (Å²) in [5.41, 5.74) is 0. The Kier molecular flexibility index (Phi) is 39.2. The predicted molar refractivity (Wildman–Crippen MR) is 242 cm³/mol. The number of phosphoric acid groups is 1. The van der Waals surface area contributed by atoms with Crippen molar-refractivity contribution in [3.63, 3.8) is 0 Å². The number of aliphatic hydroxyl groups excluding tert-OH is 1. The first-order chi connectivity index (χ1) is 27.5. The van der Waals surface area contributed by atoms with E-state index in [9.17, 15) is 19.4 Å². The van der Waals surface area contributed by atoms with Gasteiger partial charge in [-0.05, 0) is 44.9 Å². The fourth-order valence-corrected chi connectivity index (χ4v) is 7.50. The lowest BCUT2D eigenvalue weighted by atomic mass is 10.0. The van der Waals surface area contributed by atoms with Gasteiger partial charge in [0.1, 0.15) is 13.2 Å². The van der Waals surface area contributed by atoms with Crippen molar-refractivity contribution in [3.05, 3.63) is 36.5 Å². The van der Waals surface area contributed by atoms with Crippen LogP contribution in [0, 0.1) is 0 Å². The highest BCUT2D eigenvalue weighted by Gasteiger charge is 2.23. The van der Waals surface area contributed by atoms with Gasteiger partial charge in [0.25, 0.3) is 7.82 Å². The summed E-state index contributed by atoms with van der Waals surface area (Å²) < 4.78 is 23.2. The summed E-state index contributed by atoms with van der Waals surface area (Å²) in [6.07, 6.45) is 49.1. The van der Waals surface area contributed by atoms with Crippen LogP contribution in [0.15, 0.2) is 36.5 Å². The summed E-state index contributed by atoms with van der Waals surface area (Å²) >= 11 is 0. The molecule has 0 aliphatic heterocycles. The lowest BCUT2D eigenvalue weighted by molar-refractivity contribution is -0.870. The quantitative estimate of drug-likeness (QED) is 0.0274. The molecule has 0 spiro atoms. The number of phosphoric ester groups is 1. The van der Waals surface area contributed by atoms with Crippen LogP contribution in [-0.4, -0.2) is 68.5 Å². The molecule has 0 aromatic heterocycles. The minimum atomic E-state index is -4.60. The highest BCUT2D eigenvalue weighted by molar-refractivity contribution is 7.45. The van der Waals surface area contributed by atoms with Gasteiger partial charge >= 0.3 is 0 Å². The molecular formula is C48H93N2O6P. The van der Waals surface area contributed by atoms with E-state index in [1.165, 1.54) is 148 Å². The second-order valence-corrected chi connectivity index (χ2v) is 18.9. The van der Waals surface area contributed by atoms with Crippen LogP contribution in [-0.2, 0) is 18.4 Å². The highest BCUT2D eigenvalue weighted by atomic mass is 31.2. The Morgan fingerprint density at radius 3 is 1.42 bits per heavy atom. The second kappa shape index (κ2) is 40.1. The highest BCUT2D eigenvalue weighted by Crippen LogP contribution is 2.38. The van der Waals surface area contributed by atoms with Crippen molar-refractivity contribution < 1.29 is 32.9 Å². The number of quaternary nitrogens is 1. The molecule has 0 rings (SSSR count). The van der Waals surface area contributed by atoms with E-state index in [-0.39, 0.29) is 12.5 Å². The summed E-state index contributed by atoms with van der Waals surface area (Å²) in [5.74, 6) is -0.210. The van der Waals surface area contributed by atoms with Gasteiger partial charge in [0.15, 0.2) is 0 Å². The van der Waals surface area contributed by atoms with Gasteiger partial charge in [-0.15, -0.1) is 0 Å². The van der Waals surface area contributed by atoms with Crippen molar-refractivity contribution in [1.82, 2.24) is 5.32 Å². The van der Waals surface area contributed by atoms with Gasteiger partial charge in [0.2, 0.25) is 5.91 Å². The average molecular weight is 825 g/mol. The molecule has 0 heterocycles. The molecule has 0 aliphatic carbocycles. The third-order valence-corrected chi connectivity index (χ3v) is 11.5. The molecule has 336 valence electrons. The van der Waals surface area contributed by atoms with Gasteiger partial charge in [-0.3, -0.25) is 9.36 Å². The van der Waals surface area contributed by atoms with E-state index in [0.29, 0.717) is 17.4 Å². The molecule has 8 nitrogen and oxygen atoms in total.